The highest BCUT2D eigenvalue weighted by atomic mass is 35.7. The van der Waals surface area contributed by atoms with E-state index in [2.05, 4.69) is 9.97 Å². The summed E-state index contributed by atoms with van der Waals surface area (Å²) < 4.78 is 26.3. The Morgan fingerprint density at radius 1 is 1.37 bits per heavy atom. The first kappa shape index (κ1) is 14.1. The zero-order valence-corrected chi connectivity index (χ0v) is 12.1. The first-order valence-electron chi connectivity index (χ1n) is 5.97. The Hall–Kier alpha value is -1.34. The summed E-state index contributed by atoms with van der Waals surface area (Å²) in [5.41, 5.74) is 0. The Balaban J connectivity index is 2.05. The third kappa shape index (κ3) is 3.57. The number of aryl methyl sites for hydroxylation is 3. The number of hydrogen-bond donors (Lipinski definition) is 0. The molecule has 0 amide bonds. The summed E-state index contributed by atoms with van der Waals surface area (Å²) in [6.45, 7) is 3.45. The number of imidazole rings is 2. The van der Waals surface area contributed by atoms with Gasteiger partial charge in [-0.05, 0) is 6.42 Å². The van der Waals surface area contributed by atoms with Crippen molar-refractivity contribution in [3.63, 3.8) is 0 Å². The smallest absolute Gasteiger partial charge is 0.280 e. The van der Waals surface area contributed by atoms with Crippen LogP contribution in [-0.2, 0) is 28.6 Å². The molecule has 0 aromatic carbocycles. The van der Waals surface area contributed by atoms with Gasteiger partial charge in [0.25, 0.3) is 9.05 Å². The molecule has 0 fully saturated rings. The Morgan fingerprint density at radius 2 is 2.16 bits per heavy atom. The van der Waals surface area contributed by atoms with Gasteiger partial charge in [-0.3, -0.25) is 0 Å². The van der Waals surface area contributed by atoms with Crippen LogP contribution in [0.4, 0.5) is 0 Å². The van der Waals surface area contributed by atoms with Crippen molar-refractivity contribution < 1.29 is 8.42 Å². The minimum atomic E-state index is -3.76. The van der Waals surface area contributed by atoms with E-state index in [1.807, 2.05) is 22.3 Å². The van der Waals surface area contributed by atoms with Crippen LogP contribution in [0.2, 0.25) is 0 Å². The second kappa shape index (κ2) is 5.75. The molecule has 104 valence electrons. The quantitative estimate of drug-likeness (QED) is 0.761. The van der Waals surface area contributed by atoms with Crippen LogP contribution in [0.1, 0.15) is 19.2 Å². The molecule has 8 heteroatoms. The highest BCUT2D eigenvalue weighted by Crippen LogP contribution is 2.15. The number of hydrogen-bond acceptors (Lipinski definition) is 4. The van der Waals surface area contributed by atoms with Crippen LogP contribution in [0.3, 0.4) is 0 Å². The Bertz CT molecular complexity index is 634. The largest absolute Gasteiger partial charge is 0.337 e. The standard InChI is InChI=1S/C11H15ClN4O2S/c1-2-10-14-11(19(12,17)18)8-16(10)6-3-5-15-7-4-13-9-15/h4,7-9H,2-3,5-6H2,1H3. The first-order valence-corrected chi connectivity index (χ1v) is 8.28. The minimum absolute atomic E-state index is 0.0753. The molecule has 2 aromatic heterocycles. The zero-order chi connectivity index (χ0) is 13.9. The number of nitrogens with zero attached hydrogens (tertiary/aromatic N) is 4. The zero-order valence-electron chi connectivity index (χ0n) is 10.5. The van der Waals surface area contributed by atoms with E-state index in [1.54, 1.807) is 12.5 Å². The molecular weight excluding hydrogens is 288 g/mol. The molecule has 2 rings (SSSR count). The lowest BCUT2D eigenvalue weighted by molar-refractivity contribution is 0.549. The molecule has 0 aliphatic carbocycles. The molecule has 0 atom stereocenters. The molecular formula is C11H15ClN4O2S. The number of rotatable bonds is 6. The van der Waals surface area contributed by atoms with Crippen molar-refractivity contribution in [2.45, 2.75) is 37.9 Å². The molecule has 6 nitrogen and oxygen atoms in total. The predicted octanol–water partition coefficient (Wildman–Crippen LogP) is 1.66. The van der Waals surface area contributed by atoms with Crippen LogP contribution in [0.5, 0.6) is 0 Å². The monoisotopic (exact) mass is 302 g/mol. The van der Waals surface area contributed by atoms with E-state index in [-0.39, 0.29) is 5.03 Å². The molecule has 0 saturated heterocycles. The summed E-state index contributed by atoms with van der Waals surface area (Å²) in [5, 5.41) is -0.0753. The molecule has 0 N–H and O–H groups in total. The highest BCUT2D eigenvalue weighted by molar-refractivity contribution is 8.13. The summed E-state index contributed by atoms with van der Waals surface area (Å²) in [4.78, 5) is 8.00. The van der Waals surface area contributed by atoms with Crippen LogP contribution in [0, 0.1) is 0 Å². The van der Waals surface area contributed by atoms with Crippen LogP contribution in [-0.4, -0.2) is 27.5 Å². The molecule has 0 aliphatic rings. The van der Waals surface area contributed by atoms with Crippen molar-refractivity contribution in [2.24, 2.45) is 0 Å². The summed E-state index contributed by atoms with van der Waals surface area (Å²) in [7, 11) is 1.54. The summed E-state index contributed by atoms with van der Waals surface area (Å²) >= 11 is 0. The molecule has 0 unspecified atom stereocenters. The van der Waals surface area contributed by atoms with Gasteiger partial charge in [0.15, 0.2) is 5.03 Å². The molecule has 2 aromatic rings. The van der Waals surface area contributed by atoms with Gasteiger partial charge >= 0.3 is 0 Å². The van der Waals surface area contributed by atoms with Crippen molar-refractivity contribution in [3.05, 3.63) is 30.7 Å². The topological polar surface area (TPSA) is 69.8 Å². The highest BCUT2D eigenvalue weighted by Gasteiger charge is 2.16. The van der Waals surface area contributed by atoms with Gasteiger partial charge in [-0.1, -0.05) is 6.92 Å². The average Bonchev–Trinajstić information content (AvgIpc) is 2.96. The number of aromatic nitrogens is 4. The van der Waals surface area contributed by atoms with Crippen molar-refractivity contribution in [1.82, 2.24) is 19.1 Å². The summed E-state index contributed by atoms with van der Waals surface area (Å²) in [6, 6.07) is 0. The number of halogens is 1. The molecule has 19 heavy (non-hydrogen) atoms. The van der Waals surface area contributed by atoms with Gasteiger partial charge in [0.05, 0.1) is 6.33 Å². The molecule has 2 heterocycles. The van der Waals surface area contributed by atoms with Crippen molar-refractivity contribution >= 4 is 19.7 Å². The molecule has 0 radical (unpaired) electrons. The second-order valence-electron chi connectivity index (χ2n) is 4.13. The normalized spacial score (nSPS) is 11.9. The fraction of sp³-hybridized carbons (Fsp3) is 0.455. The molecule has 0 bridgehead atoms. The third-order valence-electron chi connectivity index (χ3n) is 2.78. The average molecular weight is 303 g/mol. The maximum absolute atomic E-state index is 11.3. The van der Waals surface area contributed by atoms with Gasteiger partial charge in [-0.15, -0.1) is 0 Å². The lowest BCUT2D eigenvalue weighted by Crippen LogP contribution is -2.05. The molecule has 0 spiro atoms. The molecule has 0 saturated carbocycles. The van der Waals surface area contributed by atoms with Crippen LogP contribution in [0.15, 0.2) is 29.9 Å². The van der Waals surface area contributed by atoms with Gasteiger partial charge in [0.1, 0.15) is 5.82 Å². The maximum Gasteiger partial charge on any atom is 0.280 e. The summed E-state index contributed by atoms with van der Waals surface area (Å²) in [5.74, 6) is 0.727. The van der Waals surface area contributed by atoms with E-state index in [1.165, 1.54) is 6.20 Å². The van der Waals surface area contributed by atoms with Gasteiger partial charge in [-0.25, -0.2) is 18.4 Å². The van der Waals surface area contributed by atoms with Gasteiger partial charge in [0, 0.05) is 48.8 Å². The van der Waals surface area contributed by atoms with Crippen LogP contribution in [0.25, 0.3) is 0 Å². The van der Waals surface area contributed by atoms with Crippen LogP contribution >= 0.6 is 10.7 Å². The van der Waals surface area contributed by atoms with Crippen molar-refractivity contribution in [3.8, 4) is 0 Å². The van der Waals surface area contributed by atoms with Crippen molar-refractivity contribution in [1.29, 1.82) is 0 Å². The Labute approximate surface area is 116 Å². The van der Waals surface area contributed by atoms with E-state index in [0.29, 0.717) is 13.0 Å². The van der Waals surface area contributed by atoms with E-state index >= 15 is 0 Å². The summed E-state index contributed by atoms with van der Waals surface area (Å²) in [6.07, 6.45) is 8.40. The lowest BCUT2D eigenvalue weighted by Gasteiger charge is -2.06. The predicted molar refractivity (Wildman–Crippen MR) is 71.5 cm³/mol. The lowest BCUT2D eigenvalue weighted by atomic mass is 10.4. The van der Waals surface area contributed by atoms with E-state index < -0.39 is 9.05 Å². The fourth-order valence-electron chi connectivity index (χ4n) is 1.86. The van der Waals surface area contributed by atoms with E-state index in [9.17, 15) is 8.42 Å². The van der Waals surface area contributed by atoms with E-state index in [4.69, 9.17) is 10.7 Å². The maximum atomic E-state index is 11.3. The van der Waals surface area contributed by atoms with Crippen molar-refractivity contribution in [2.75, 3.05) is 0 Å². The van der Waals surface area contributed by atoms with Gasteiger partial charge in [-0.2, -0.15) is 0 Å². The third-order valence-corrected chi connectivity index (χ3v) is 3.95. The Morgan fingerprint density at radius 3 is 2.74 bits per heavy atom. The van der Waals surface area contributed by atoms with Gasteiger partial charge in [0.2, 0.25) is 0 Å². The minimum Gasteiger partial charge on any atom is -0.337 e. The SMILES string of the molecule is CCc1nc(S(=O)(=O)Cl)cn1CCCn1ccnc1. The fourth-order valence-corrected chi connectivity index (χ4v) is 2.55. The first-order chi connectivity index (χ1) is 9.00. The molecule has 0 aliphatic heterocycles. The second-order valence-corrected chi connectivity index (χ2v) is 6.65. The van der Waals surface area contributed by atoms with Crippen LogP contribution < -0.4 is 0 Å². The Kier molecular flexibility index (Phi) is 4.26. The van der Waals surface area contributed by atoms with E-state index in [0.717, 1.165) is 18.8 Å². The van der Waals surface area contributed by atoms with Gasteiger partial charge < -0.3 is 9.13 Å².